The van der Waals surface area contributed by atoms with Gasteiger partial charge in [0.1, 0.15) is 6.10 Å². The van der Waals surface area contributed by atoms with Crippen LogP contribution in [0, 0.1) is 0 Å². The first kappa shape index (κ1) is 16.8. The third-order valence-corrected chi connectivity index (χ3v) is 1.75. The topological polar surface area (TPSA) is 80.7 Å². The molecule has 0 aromatic carbocycles. The molecule has 1 aliphatic heterocycles. The van der Waals surface area contributed by atoms with Crippen molar-refractivity contribution in [3.8, 4) is 0 Å². The Hall–Kier alpha value is -0.240. The van der Waals surface area contributed by atoms with Crippen LogP contribution < -0.4 is 0 Å². The summed E-state index contributed by atoms with van der Waals surface area (Å²) >= 11 is 0. The zero-order chi connectivity index (χ0) is 12.8. The smallest absolute Gasteiger partial charge is 0.104 e. The van der Waals surface area contributed by atoms with Crippen molar-refractivity contribution in [3.63, 3.8) is 0 Å². The maximum atomic E-state index is 8.26. The van der Waals surface area contributed by atoms with Gasteiger partial charge in [-0.25, -0.2) is 0 Å². The summed E-state index contributed by atoms with van der Waals surface area (Å²) in [5, 5.41) is 16.5. The summed E-state index contributed by atoms with van der Waals surface area (Å²) in [6, 6.07) is 0. The molecule has 17 heavy (non-hydrogen) atoms. The Morgan fingerprint density at radius 1 is 1.00 bits per heavy atom. The fourth-order valence-electron chi connectivity index (χ4n) is 0.865. The first-order valence-corrected chi connectivity index (χ1v) is 5.91. The summed E-state index contributed by atoms with van der Waals surface area (Å²) in [5.41, 5.74) is 0. The molecule has 0 radical (unpaired) electrons. The number of hydrogen-bond acceptors (Lipinski definition) is 6. The van der Waals surface area contributed by atoms with Crippen LogP contribution in [-0.4, -0.2) is 75.8 Å². The van der Waals surface area contributed by atoms with Gasteiger partial charge in [-0.05, 0) is 6.92 Å². The lowest BCUT2D eigenvalue weighted by atomic mass is 10.5. The van der Waals surface area contributed by atoms with Gasteiger partial charge in [-0.1, -0.05) is 0 Å². The predicted molar refractivity (Wildman–Crippen MR) is 62.0 cm³/mol. The van der Waals surface area contributed by atoms with Crippen LogP contribution in [0.1, 0.15) is 6.92 Å². The van der Waals surface area contributed by atoms with Crippen molar-refractivity contribution in [1.29, 1.82) is 0 Å². The molecule has 0 amide bonds. The quantitative estimate of drug-likeness (QED) is 0.400. The van der Waals surface area contributed by atoms with Crippen molar-refractivity contribution < 1.29 is 29.2 Å². The summed E-state index contributed by atoms with van der Waals surface area (Å²) in [7, 11) is 0. The summed E-state index contributed by atoms with van der Waals surface area (Å²) < 4.78 is 19.7. The second-order valence-electron chi connectivity index (χ2n) is 3.29. The SMILES string of the molecule is CCOCC1CO1.OCCOCCOCCO. The van der Waals surface area contributed by atoms with Crippen LogP contribution in [0.2, 0.25) is 0 Å². The van der Waals surface area contributed by atoms with E-state index in [0.717, 1.165) is 19.8 Å². The Morgan fingerprint density at radius 2 is 1.53 bits per heavy atom. The normalized spacial score (nSPS) is 17.5. The van der Waals surface area contributed by atoms with Crippen LogP contribution in [0.25, 0.3) is 0 Å². The van der Waals surface area contributed by atoms with Gasteiger partial charge in [0, 0.05) is 6.61 Å². The number of rotatable bonds is 10. The number of hydrogen-bond donors (Lipinski definition) is 2. The molecule has 1 atom stereocenters. The van der Waals surface area contributed by atoms with Crippen LogP contribution in [0.5, 0.6) is 0 Å². The molecular weight excluding hydrogens is 228 g/mol. The highest BCUT2D eigenvalue weighted by Crippen LogP contribution is 2.07. The van der Waals surface area contributed by atoms with Gasteiger partial charge in [-0.2, -0.15) is 0 Å². The number of aliphatic hydroxyl groups is 2. The van der Waals surface area contributed by atoms with E-state index in [0.29, 0.717) is 32.5 Å². The van der Waals surface area contributed by atoms with Crippen molar-refractivity contribution in [2.24, 2.45) is 0 Å². The highest BCUT2D eigenvalue weighted by Gasteiger charge is 2.21. The largest absolute Gasteiger partial charge is 0.394 e. The summed E-state index contributed by atoms with van der Waals surface area (Å²) in [5.74, 6) is 0. The van der Waals surface area contributed by atoms with Crippen molar-refractivity contribution in [2.75, 3.05) is 59.5 Å². The lowest BCUT2D eigenvalue weighted by Gasteiger charge is -2.01. The van der Waals surface area contributed by atoms with E-state index in [9.17, 15) is 0 Å². The molecule has 1 unspecified atom stereocenters. The first-order chi connectivity index (χ1) is 8.35. The van der Waals surface area contributed by atoms with E-state index in [-0.39, 0.29) is 13.2 Å². The highest BCUT2D eigenvalue weighted by atomic mass is 16.6. The van der Waals surface area contributed by atoms with E-state index >= 15 is 0 Å². The molecule has 1 rings (SSSR count). The van der Waals surface area contributed by atoms with Gasteiger partial charge in [0.05, 0.1) is 52.9 Å². The minimum absolute atomic E-state index is 0.0417. The van der Waals surface area contributed by atoms with E-state index in [1.54, 1.807) is 0 Å². The van der Waals surface area contributed by atoms with Gasteiger partial charge >= 0.3 is 0 Å². The van der Waals surface area contributed by atoms with E-state index in [1.165, 1.54) is 0 Å². The standard InChI is InChI=1S/C6H14O4.C5H10O2/c7-1-3-9-5-6-10-4-2-8;1-2-6-3-5-4-7-5/h7-8H,1-6H2;5H,2-4H2,1H3. The molecule has 0 aromatic heterocycles. The maximum absolute atomic E-state index is 8.26. The minimum atomic E-state index is 0.0417. The number of ether oxygens (including phenoxy) is 4. The van der Waals surface area contributed by atoms with Gasteiger partial charge < -0.3 is 29.2 Å². The van der Waals surface area contributed by atoms with Crippen molar-refractivity contribution >= 4 is 0 Å². The van der Waals surface area contributed by atoms with E-state index in [1.807, 2.05) is 6.92 Å². The lowest BCUT2D eigenvalue weighted by molar-refractivity contribution is 0.0222. The summed E-state index contributed by atoms with van der Waals surface area (Å²) in [6.07, 6.45) is 0.431. The zero-order valence-electron chi connectivity index (χ0n) is 10.5. The van der Waals surface area contributed by atoms with E-state index in [4.69, 9.17) is 29.2 Å². The fourth-order valence-corrected chi connectivity index (χ4v) is 0.865. The van der Waals surface area contributed by atoms with Crippen molar-refractivity contribution in [1.82, 2.24) is 0 Å². The van der Waals surface area contributed by atoms with Crippen LogP contribution in [0.4, 0.5) is 0 Å². The molecule has 0 aromatic rings. The van der Waals surface area contributed by atoms with Gasteiger partial charge in [0.2, 0.25) is 0 Å². The Morgan fingerprint density at radius 3 is 1.88 bits per heavy atom. The second kappa shape index (κ2) is 13.8. The molecular formula is C11H24O6. The van der Waals surface area contributed by atoms with E-state index in [2.05, 4.69) is 0 Å². The molecule has 2 N–H and O–H groups in total. The summed E-state index contributed by atoms with van der Waals surface area (Å²) in [6.45, 7) is 6.21. The Labute approximate surface area is 102 Å². The molecule has 104 valence electrons. The molecule has 0 saturated carbocycles. The average molecular weight is 252 g/mol. The van der Waals surface area contributed by atoms with Crippen molar-refractivity contribution in [3.05, 3.63) is 0 Å². The Balaban J connectivity index is 0.000000318. The maximum Gasteiger partial charge on any atom is 0.104 e. The molecule has 1 saturated heterocycles. The van der Waals surface area contributed by atoms with Crippen LogP contribution in [-0.2, 0) is 18.9 Å². The van der Waals surface area contributed by atoms with Gasteiger partial charge in [-0.15, -0.1) is 0 Å². The molecule has 1 aliphatic rings. The van der Waals surface area contributed by atoms with Gasteiger partial charge in [-0.3, -0.25) is 0 Å². The summed E-state index contributed by atoms with van der Waals surface area (Å²) in [4.78, 5) is 0. The third-order valence-electron chi connectivity index (χ3n) is 1.75. The third kappa shape index (κ3) is 15.8. The Kier molecular flexibility index (Phi) is 13.6. The fraction of sp³-hybridized carbons (Fsp3) is 1.00. The molecule has 1 heterocycles. The van der Waals surface area contributed by atoms with Crippen LogP contribution in [0.15, 0.2) is 0 Å². The minimum Gasteiger partial charge on any atom is -0.394 e. The molecule has 0 bridgehead atoms. The Bertz CT molecular complexity index is 132. The van der Waals surface area contributed by atoms with Crippen LogP contribution in [0.3, 0.4) is 0 Å². The zero-order valence-corrected chi connectivity index (χ0v) is 10.5. The number of aliphatic hydroxyl groups excluding tert-OH is 2. The molecule has 6 nitrogen and oxygen atoms in total. The predicted octanol–water partition coefficient (Wildman–Crippen LogP) is -0.574. The van der Waals surface area contributed by atoms with Gasteiger partial charge in [0.15, 0.2) is 0 Å². The highest BCUT2D eigenvalue weighted by molar-refractivity contribution is 4.66. The molecule has 0 aliphatic carbocycles. The van der Waals surface area contributed by atoms with Crippen LogP contribution >= 0.6 is 0 Å². The first-order valence-electron chi connectivity index (χ1n) is 5.91. The number of epoxide rings is 1. The monoisotopic (exact) mass is 252 g/mol. The molecule has 0 spiro atoms. The average Bonchev–Trinajstić information content (AvgIpc) is 3.16. The lowest BCUT2D eigenvalue weighted by Crippen LogP contribution is -2.09. The van der Waals surface area contributed by atoms with E-state index < -0.39 is 0 Å². The van der Waals surface area contributed by atoms with Gasteiger partial charge in [0.25, 0.3) is 0 Å². The second-order valence-corrected chi connectivity index (χ2v) is 3.29. The molecule has 1 fully saturated rings. The molecule has 6 heteroatoms. The van der Waals surface area contributed by atoms with Crippen molar-refractivity contribution in [2.45, 2.75) is 13.0 Å².